The first-order chi connectivity index (χ1) is 15.8. The van der Waals surface area contributed by atoms with Crippen LogP contribution in [0.4, 0.5) is 0 Å². The zero-order chi connectivity index (χ0) is 22.3. The zero-order valence-electron chi connectivity index (χ0n) is 18.5. The highest BCUT2D eigenvalue weighted by Crippen LogP contribution is 2.37. The lowest BCUT2D eigenvalue weighted by molar-refractivity contribution is 0.586. The van der Waals surface area contributed by atoms with E-state index in [1.807, 2.05) is 0 Å². The molecule has 0 fully saturated rings. The normalized spacial score (nSPS) is 17.5. The van der Waals surface area contributed by atoms with Gasteiger partial charge in [0.15, 0.2) is 0 Å². The smallest absolute Gasteiger partial charge is 0.0868 e. The maximum atomic E-state index is 4.20. The van der Waals surface area contributed by atoms with Crippen molar-refractivity contribution in [1.29, 1.82) is 0 Å². The Morgan fingerprint density at radius 2 is 1.94 bits per heavy atom. The summed E-state index contributed by atoms with van der Waals surface area (Å²) >= 11 is 0. The molecule has 2 aromatic carbocycles. The van der Waals surface area contributed by atoms with E-state index >= 15 is 0 Å². The van der Waals surface area contributed by atoms with E-state index in [0.29, 0.717) is 6.54 Å². The van der Waals surface area contributed by atoms with Gasteiger partial charge in [-0.2, -0.15) is 5.11 Å². The fraction of sp³-hybridized carbons (Fsp3) is 0.185. The van der Waals surface area contributed by atoms with Crippen LogP contribution in [0.1, 0.15) is 24.6 Å². The molecule has 32 heavy (non-hydrogen) atoms. The van der Waals surface area contributed by atoms with Gasteiger partial charge >= 0.3 is 0 Å². The van der Waals surface area contributed by atoms with Crippen LogP contribution in [0, 0.1) is 0 Å². The molecule has 2 N–H and O–H groups in total. The summed E-state index contributed by atoms with van der Waals surface area (Å²) in [6, 6.07) is 15.8. The second-order valence-corrected chi connectivity index (χ2v) is 7.62. The molecule has 0 radical (unpaired) electrons. The van der Waals surface area contributed by atoms with Crippen molar-refractivity contribution in [2.75, 3.05) is 13.6 Å². The standard InChI is InChI=1S/C25H25N5.C2H4/c1-26-28-29-27-17-18-7-6-11-21(15-18)30-24-14-13-19-8-4-5-12-22(19)23(24)16-25(30)20-9-2-3-10-20;1-2/h2,4-10,12-16,21H,3,11,17H2,1H3,(H,26,29)(H,27,28);1-2H2. The minimum Gasteiger partial charge on any atom is -0.333 e. The van der Waals surface area contributed by atoms with E-state index in [2.05, 4.69) is 118 Å². The molecule has 1 atom stereocenters. The molecular formula is C27H29N5. The summed E-state index contributed by atoms with van der Waals surface area (Å²) in [5.41, 5.74) is 10.4. The molecule has 1 unspecified atom stereocenters. The third kappa shape index (κ3) is 4.20. The van der Waals surface area contributed by atoms with E-state index < -0.39 is 0 Å². The van der Waals surface area contributed by atoms with Crippen LogP contribution in [-0.2, 0) is 0 Å². The Morgan fingerprint density at radius 1 is 1.06 bits per heavy atom. The number of rotatable bonds is 6. The third-order valence-corrected chi connectivity index (χ3v) is 5.75. The number of hydrazine groups is 1. The molecule has 0 saturated carbocycles. The number of allylic oxidation sites excluding steroid dienone is 6. The van der Waals surface area contributed by atoms with Gasteiger partial charge in [0.25, 0.3) is 0 Å². The Balaban J connectivity index is 0.00000119. The third-order valence-electron chi connectivity index (χ3n) is 5.75. The molecule has 5 heteroatoms. The van der Waals surface area contributed by atoms with Crippen molar-refractivity contribution in [3.05, 3.63) is 103 Å². The maximum Gasteiger partial charge on any atom is 0.0868 e. The van der Waals surface area contributed by atoms with Gasteiger partial charge in [0.05, 0.1) is 12.6 Å². The first-order valence-electron chi connectivity index (χ1n) is 10.9. The van der Waals surface area contributed by atoms with Crippen molar-refractivity contribution in [2.45, 2.75) is 18.9 Å². The van der Waals surface area contributed by atoms with Crippen molar-refractivity contribution in [3.8, 4) is 0 Å². The molecule has 0 amide bonds. The van der Waals surface area contributed by atoms with E-state index in [1.165, 1.54) is 38.5 Å². The van der Waals surface area contributed by atoms with E-state index in [9.17, 15) is 0 Å². The summed E-state index contributed by atoms with van der Waals surface area (Å²) in [7, 11) is 1.77. The Labute approximate surface area is 189 Å². The number of hydrogen-bond donors (Lipinski definition) is 2. The van der Waals surface area contributed by atoms with Crippen LogP contribution in [0.2, 0.25) is 0 Å². The number of fused-ring (bicyclic) bond motifs is 3. The number of nitrogens with zero attached hydrogens (tertiary/aromatic N) is 3. The Hall–Kier alpha value is -3.70. The first-order valence-corrected chi connectivity index (χ1v) is 10.9. The molecule has 0 bridgehead atoms. The molecular weight excluding hydrogens is 394 g/mol. The SMILES string of the molecule is C=C.CNNN=NCC1=CC(n2c(C3=CCC=C3)cc3c4ccccc4ccc32)CC=C1. The van der Waals surface area contributed by atoms with Crippen LogP contribution in [0.25, 0.3) is 27.2 Å². The van der Waals surface area contributed by atoms with Crippen molar-refractivity contribution in [2.24, 2.45) is 10.3 Å². The molecule has 0 spiro atoms. The van der Waals surface area contributed by atoms with Crippen LogP contribution in [0.3, 0.4) is 0 Å². The summed E-state index contributed by atoms with van der Waals surface area (Å²) in [5.74, 6) is 0. The Kier molecular flexibility index (Phi) is 6.78. The summed E-state index contributed by atoms with van der Waals surface area (Å²) in [6.07, 6.45) is 15.5. The molecule has 3 aromatic rings. The fourth-order valence-electron chi connectivity index (χ4n) is 4.43. The van der Waals surface area contributed by atoms with Crippen LogP contribution in [0.15, 0.2) is 108 Å². The topological polar surface area (TPSA) is 53.7 Å². The second-order valence-electron chi connectivity index (χ2n) is 7.62. The maximum absolute atomic E-state index is 4.20. The number of hydrogen-bond acceptors (Lipinski definition) is 3. The Morgan fingerprint density at radius 3 is 2.75 bits per heavy atom. The molecule has 0 aliphatic heterocycles. The van der Waals surface area contributed by atoms with Crippen LogP contribution >= 0.6 is 0 Å². The monoisotopic (exact) mass is 423 g/mol. The molecule has 1 aromatic heterocycles. The van der Waals surface area contributed by atoms with Crippen LogP contribution in [-0.4, -0.2) is 18.2 Å². The van der Waals surface area contributed by atoms with Gasteiger partial charge in [0.1, 0.15) is 0 Å². The lowest BCUT2D eigenvalue weighted by Crippen LogP contribution is -2.20. The minimum absolute atomic E-state index is 0.251. The molecule has 162 valence electrons. The van der Waals surface area contributed by atoms with E-state index in [-0.39, 0.29) is 6.04 Å². The van der Waals surface area contributed by atoms with Gasteiger partial charge in [0.2, 0.25) is 0 Å². The van der Waals surface area contributed by atoms with Gasteiger partial charge in [-0.25, -0.2) is 11.0 Å². The number of aromatic nitrogens is 1. The van der Waals surface area contributed by atoms with E-state index in [1.54, 1.807) is 7.05 Å². The average Bonchev–Trinajstić information content (AvgIpc) is 3.51. The fourth-order valence-corrected chi connectivity index (χ4v) is 4.43. The first kappa shape index (κ1) is 21.5. The summed E-state index contributed by atoms with van der Waals surface area (Å²) in [6.45, 7) is 6.56. The van der Waals surface area contributed by atoms with Gasteiger partial charge in [-0.1, -0.05) is 72.0 Å². The van der Waals surface area contributed by atoms with Crippen molar-refractivity contribution in [3.63, 3.8) is 0 Å². The highest BCUT2D eigenvalue weighted by Gasteiger charge is 2.21. The van der Waals surface area contributed by atoms with Crippen LogP contribution in [0.5, 0.6) is 0 Å². The number of nitrogens with one attached hydrogen (secondary N) is 2. The van der Waals surface area contributed by atoms with Crippen molar-refractivity contribution in [1.82, 2.24) is 15.5 Å². The van der Waals surface area contributed by atoms with Gasteiger partial charge in [-0.05, 0) is 46.9 Å². The molecule has 5 nitrogen and oxygen atoms in total. The van der Waals surface area contributed by atoms with Crippen molar-refractivity contribution >= 4 is 27.2 Å². The second kappa shape index (κ2) is 10.1. The summed E-state index contributed by atoms with van der Waals surface area (Å²) in [4.78, 5) is 0. The van der Waals surface area contributed by atoms with Gasteiger partial charge in [-0.3, -0.25) is 0 Å². The quantitative estimate of drug-likeness (QED) is 0.272. The minimum atomic E-state index is 0.251. The average molecular weight is 424 g/mol. The molecule has 2 aliphatic rings. The predicted octanol–water partition coefficient (Wildman–Crippen LogP) is 6.46. The van der Waals surface area contributed by atoms with Crippen molar-refractivity contribution < 1.29 is 0 Å². The largest absolute Gasteiger partial charge is 0.333 e. The van der Waals surface area contributed by atoms with E-state index in [4.69, 9.17) is 0 Å². The van der Waals surface area contributed by atoms with Crippen LogP contribution < -0.4 is 11.0 Å². The molecule has 1 heterocycles. The molecule has 2 aliphatic carbocycles. The predicted molar refractivity (Wildman–Crippen MR) is 135 cm³/mol. The summed E-state index contributed by atoms with van der Waals surface area (Å²) in [5, 5.41) is 12.0. The van der Waals surface area contributed by atoms with Gasteiger partial charge in [-0.15, -0.1) is 13.2 Å². The summed E-state index contributed by atoms with van der Waals surface area (Å²) < 4.78 is 2.50. The van der Waals surface area contributed by atoms with Gasteiger partial charge < -0.3 is 4.57 Å². The lowest BCUT2D eigenvalue weighted by Gasteiger charge is -2.22. The Bertz CT molecular complexity index is 1260. The number of benzene rings is 2. The highest BCUT2D eigenvalue weighted by molar-refractivity contribution is 6.08. The molecule has 0 saturated heterocycles. The van der Waals surface area contributed by atoms with E-state index in [0.717, 1.165) is 12.8 Å². The highest BCUT2D eigenvalue weighted by atomic mass is 15.6. The zero-order valence-corrected chi connectivity index (χ0v) is 18.5. The van der Waals surface area contributed by atoms with Gasteiger partial charge in [0, 0.05) is 23.6 Å². The lowest BCUT2D eigenvalue weighted by atomic mass is 10.0. The molecule has 5 rings (SSSR count).